The van der Waals surface area contributed by atoms with E-state index in [1.54, 1.807) is 6.92 Å². The van der Waals surface area contributed by atoms with Gasteiger partial charge in [0, 0.05) is 24.3 Å². The van der Waals surface area contributed by atoms with Crippen molar-refractivity contribution in [3.8, 4) is 0 Å². The largest absolute Gasteiger partial charge is 0.385 e. The fourth-order valence-corrected chi connectivity index (χ4v) is 3.13. The summed E-state index contributed by atoms with van der Waals surface area (Å²) in [6.07, 6.45) is 0.597. The number of nitro benzene ring substituents is 1. The highest BCUT2D eigenvalue weighted by molar-refractivity contribution is 7.89. The van der Waals surface area contributed by atoms with Crippen LogP contribution in [0.15, 0.2) is 23.1 Å². The van der Waals surface area contributed by atoms with Gasteiger partial charge in [-0.2, -0.15) is 0 Å². The molecule has 1 unspecified atom stereocenters. The Morgan fingerprint density at radius 3 is 2.50 bits per heavy atom. The van der Waals surface area contributed by atoms with Gasteiger partial charge >= 0.3 is 0 Å². The predicted octanol–water partition coefficient (Wildman–Crippen LogP) is 2.10. The van der Waals surface area contributed by atoms with Crippen molar-refractivity contribution < 1.29 is 13.3 Å². The lowest BCUT2D eigenvalue weighted by molar-refractivity contribution is -0.387. The third-order valence-electron chi connectivity index (χ3n) is 2.80. The van der Waals surface area contributed by atoms with Crippen molar-refractivity contribution in [2.24, 2.45) is 0 Å². The molecule has 1 rings (SSSR count). The smallest absolute Gasteiger partial charge is 0.289 e. The van der Waals surface area contributed by atoms with Gasteiger partial charge in [-0.15, -0.1) is 0 Å². The summed E-state index contributed by atoms with van der Waals surface area (Å²) in [5.41, 5.74) is 0.102. The van der Waals surface area contributed by atoms with Crippen molar-refractivity contribution in [3.05, 3.63) is 28.3 Å². The molecule has 0 fully saturated rings. The number of anilines is 1. The molecule has 0 aliphatic rings. The highest BCUT2D eigenvalue weighted by Gasteiger charge is 2.27. The SMILES string of the molecule is CCNc1ccc([N+](=O)[O-])c(S(=O)(=O)NC(C)CC)c1. The van der Waals surface area contributed by atoms with Crippen molar-refractivity contribution >= 4 is 21.4 Å². The molecule has 1 aromatic rings. The number of benzene rings is 1. The lowest BCUT2D eigenvalue weighted by Crippen LogP contribution is -2.32. The lowest BCUT2D eigenvalue weighted by Gasteiger charge is -2.13. The molecule has 7 nitrogen and oxygen atoms in total. The summed E-state index contributed by atoms with van der Waals surface area (Å²) in [5, 5.41) is 13.9. The van der Waals surface area contributed by atoms with E-state index < -0.39 is 20.6 Å². The van der Waals surface area contributed by atoms with Crippen molar-refractivity contribution in [1.29, 1.82) is 0 Å². The molecule has 1 aromatic carbocycles. The van der Waals surface area contributed by atoms with Gasteiger partial charge in [-0.05, 0) is 32.4 Å². The summed E-state index contributed by atoms with van der Waals surface area (Å²) < 4.78 is 26.9. The van der Waals surface area contributed by atoms with E-state index in [1.807, 2.05) is 13.8 Å². The van der Waals surface area contributed by atoms with Gasteiger partial charge in [-0.3, -0.25) is 10.1 Å². The monoisotopic (exact) mass is 301 g/mol. The van der Waals surface area contributed by atoms with Crippen LogP contribution in [0.1, 0.15) is 27.2 Å². The van der Waals surface area contributed by atoms with Gasteiger partial charge in [0.25, 0.3) is 5.69 Å². The second-order valence-corrected chi connectivity index (χ2v) is 6.08. The lowest BCUT2D eigenvalue weighted by atomic mass is 10.3. The number of hydrogen-bond acceptors (Lipinski definition) is 5. The summed E-state index contributed by atoms with van der Waals surface area (Å²) >= 11 is 0. The number of nitro groups is 1. The molecule has 0 saturated heterocycles. The van der Waals surface area contributed by atoms with Crippen LogP contribution >= 0.6 is 0 Å². The summed E-state index contributed by atoms with van der Waals surface area (Å²) in [7, 11) is -3.92. The molecule has 0 heterocycles. The average molecular weight is 301 g/mol. The van der Waals surface area contributed by atoms with Crippen LogP contribution in [0.3, 0.4) is 0 Å². The van der Waals surface area contributed by atoms with Gasteiger partial charge in [0.15, 0.2) is 4.90 Å². The predicted molar refractivity (Wildman–Crippen MR) is 77.3 cm³/mol. The Hall–Kier alpha value is -1.67. The van der Waals surface area contributed by atoms with Crippen LogP contribution in [0.4, 0.5) is 11.4 Å². The summed E-state index contributed by atoms with van der Waals surface area (Å²) in [6.45, 7) is 5.98. The van der Waals surface area contributed by atoms with Gasteiger partial charge in [-0.25, -0.2) is 13.1 Å². The van der Waals surface area contributed by atoms with E-state index in [1.165, 1.54) is 18.2 Å². The molecule has 1 atom stereocenters. The van der Waals surface area contributed by atoms with Crippen LogP contribution in [-0.2, 0) is 10.0 Å². The maximum atomic E-state index is 12.2. The summed E-state index contributed by atoms with van der Waals surface area (Å²) in [6, 6.07) is 3.68. The first-order valence-corrected chi connectivity index (χ1v) is 7.84. The molecule has 2 N–H and O–H groups in total. The van der Waals surface area contributed by atoms with E-state index in [9.17, 15) is 18.5 Å². The van der Waals surface area contributed by atoms with Crippen molar-refractivity contribution in [2.45, 2.75) is 38.1 Å². The van der Waals surface area contributed by atoms with E-state index in [-0.39, 0.29) is 10.9 Å². The quantitative estimate of drug-likeness (QED) is 0.593. The Bertz CT molecular complexity index is 586. The minimum Gasteiger partial charge on any atom is -0.385 e. The fraction of sp³-hybridized carbons (Fsp3) is 0.500. The summed E-state index contributed by atoms with van der Waals surface area (Å²) in [4.78, 5) is 9.97. The standard InChI is InChI=1S/C12H19N3O4S/c1-4-9(3)14-20(18,19)12-8-10(13-5-2)6-7-11(12)15(16)17/h6-9,13-14H,4-5H2,1-3H3. The average Bonchev–Trinajstić information content (AvgIpc) is 2.38. The molecule has 0 spiro atoms. The Balaban J connectivity index is 3.31. The second-order valence-electron chi connectivity index (χ2n) is 4.40. The molecular weight excluding hydrogens is 282 g/mol. The molecule has 0 amide bonds. The maximum absolute atomic E-state index is 12.2. The van der Waals surface area contributed by atoms with Crippen LogP contribution in [0.5, 0.6) is 0 Å². The highest BCUT2D eigenvalue weighted by atomic mass is 32.2. The fourth-order valence-electron chi connectivity index (χ4n) is 1.61. The van der Waals surface area contributed by atoms with E-state index in [0.29, 0.717) is 18.7 Å². The van der Waals surface area contributed by atoms with E-state index in [2.05, 4.69) is 10.0 Å². The molecule has 0 saturated carbocycles. The Kier molecular flexibility index (Phi) is 5.46. The second kappa shape index (κ2) is 6.67. The van der Waals surface area contributed by atoms with Crippen LogP contribution < -0.4 is 10.0 Å². The van der Waals surface area contributed by atoms with Crippen LogP contribution in [0.2, 0.25) is 0 Å². The van der Waals surface area contributed by atoms with E-state index >= 15 is 0 Å². The zero-order valence-corrected chi connectivity index (χ0v) is 12.5. The number of nitrogens with one attached hydrogen (secondary N) is 2. The topological polar surface area (TPSA) is 101 Å². The van der Waals surface area contributed by atoms with Crippen LogP contribution in [0, 0.1) is 10.1 Å². The normalized spacial score (nSPS) is 12.9. The van der Waals surface area contributed by atoms with Gasteiger partial charge < -0.3 is 5.32 Å². The van der Waals surface area contributed by atoms with E-state index in [4.69, 9.17) is 0 Å². The molecule has 0 aromatic heterocycles. The molecule has 0 aliphatic carbocycles. The van der Waals surface area contributed by atoms with Gasteiger partial charge in [-0.1, -0.05) is 6.92 Å². The van der Waals surface area contributed by atoms with Crippen molar-refractivity contribution in [3.63, 3.8) is 0 Å². The number of hydrogen-bond donors (Lipinski definition) is 2. The van der Waals surface area contributed by atoms with Crippen LogP contribution in [-0.4, -0.2) is 25.9 Å². The molecule has 8 heteroatoms. The number of sulfonamides is 1. The first-order valence-electron chi connectivity index (χ1n) is 6.36. The first-order chi connectivity index (χ1) is 9.31. The van der Waals surface area contributed by atoms with E-state index in [0.717, 1.165) is 0 Å². The molecule has 0 aliphatic heterocycles. The Morgan fingerprint density at radius 1 is 1.35 bits per heavy atom. The third kappa shape index (κ3) is 3.91. The summed E-state index contributed by atoms with van der Waals surface area (Å²) in [5.74, 6) is 0. The minimum atomic E-state index is -3.92. The van der Waals surface area contributed by atoms with Gasteiger partial charge in [0.1, 0.15) is 0 Å². The highest BCUT2D eigenvalue weighted by Crippen LogP contribution is 2.27. The van der Waals surface area contributed by atoms with Crippen LogP contribution in [0.25, 0.3) is 0 Å². The first kappa shape index (κ1) is 16.4. The van der Waals surface area contributed by atoms with Crippen molar-refractivity contribution in [1.82, 2.24) is 4.72 Å². The Labute approximate surface area is 118 Å². The van der Waals surface area contributed by atoms with Crippen molar-refractivity contribution in [2.75, 3.05) is 11.9 Å². The Morgan fingerprint density at radius 2 is 2.00 bits per heavy atom. The minimum absolute atomic E-state index is 0.289. The molecule has 20 heavy (non-hydrogen) atoms. The molecule has 0 radical (unpaired) electrons. The third-order valence-corrected chi connectivity index (χ3v) is 4.41. The maximum Gasteiger partial charge on any atom is 0.289 e. The number of rotatable bonds is 7. The zero-order valence-electron chi connectivity index (χ0n) is 11.7. The molecular formula is C12H19N3O4S. The molecule has 0 bridgehead atoms. The zero-order chi connectivity index (χ0) is 15.3. The van der Waals surface area contributed by atoms with Gasteiger partial charge in [0.2, 0.25) is 10.0 Å². The molecule has 112 valence electrons. The van der Waals surface area contributed by atoms with Gasteiger partial charge in [0.05, 0.1) is 4.92 Å². The number of nitrogens with zero attached hydrogens (tertiary/aromatic N) is 1.